The Labute approximate surface area is 182 Å². The Balaban J connectivity index is 1.39. The van der Waals surface area contributed by atoms with Gasteiger partial charge in [-0.2, -0.15) is 0 Å². The van der Waals surface area contributed by atoms with Gasteiger partial charge in [0.1, 0.15) is 0 Å². The van der Waals surface area contributed by atoms with Gasteiger partial charge in [0.2, 0.25) is 5.91 Å². The van der Waals surface area contributed by atoms with Crippen molar-refractivity contribution in [2.45, 2.75) is 33.1 Å². The van der Waals surface area contributed by atoms with Crippen LogP contribution in [0, 0.1) is 5.92 Å². The molecule has 3 aliphatic heterocycles. The highest BCUT2D eigenvalue weighted by atomic mass is 16.5. The van der Waals surface area contributed by atoms with Crippen LogP contribution in [0.4, 0.5) is 0 Å². The second kappa shape index (κ2) is 12.5. The third kappa shape index (κ3) is 7.10. The van der Waals surface area contributed by atoms with E-state index in [1.54, 1.807) is 0 Å². The number of likely N-dealkylation sites (tertiary alicyclic amines) is 1. The van der Waals surface area contributed by atoms with Crippen molar-refractivity contribution in [3.63, 3.8) is 0 Å². The van der Waals surface area contributed by atoms with Gasteiger partial charge >= 0.3 is 0 Å². The highest BCUT2D eigenvalue weighted by molar-refractivity contribution is 5.80. The number of aliphatic imine (C=N–C) groups is 1. The van der Waals surface area contributed by atoms with Gasteiger partial charge in [0.15, 0.2) is 5.96 Å². The SMILES string of the molecule is CCNC(=NCCC1CCN(CC)CC1)N1CCN(CC(=O)N2CCOCC2)CC1. The minimum absolute atomic E-state index is 0.237. The molecule has 0 aromatic heterocycles. The van der Waals surface area contributed by atoms with E-state index in [0.717, 1.165) is 64.2 Å². The summed E-state index contributed by atoms with van der Waals surface area (Å²) in [5.41, 5.74) is 0. The molecule has 3 fully saturated rings. The Hall–Kier alpha value is -1.38. The van der Waals surface area contributed by atoms with Crippen LogP contribution in [0.5, 0.6) is 0 Å². The molecule has 0 atom stereocenters. The molecule has 1 amide bonds. The van der Waals surface area contributed by atoms with Gasteiger partial charge in [-0.15, -0.1) is 0 Å². The van der Waals surface area contributed by atoms with Crippen molar-refractivity contribution in [3.05, 3.63) is 0 Å². The first-order valence-electron chi connectivity index (χ1n) is 12.0. The summed E-state index contributed by atoms with van der Waals surface area (Å²) < 4.78 is 5.35. The lowest BCUT2D eigenvalue weighted by atomic mass is 9.94. The van der Waals surface area contributed by atoms with Crippen LogP contribution in [0.2, 0.25) is 0 Å². The standard InChI is InChI=1S/C22H42N6O2/c1-3-23-22(24-8-5-20-6-9-25(4-2)10-7-20)28-13-11-26(12-14-28)19-21(29)27-15-17-30-18-16-27/h20H,3-19H2,1-2H3,(H,23,24). The number of carbonyl (C=O) groups is 1. The van der Waals surface area contributed by atoms with E-state index in [4.69, 9.17) is 9.73 Å². The number of amides is 1. The molecular weight excluding hydrogens is 380 g/mol. The molecule has 30 heavy (non-hydrogen) atoms. The third-order valence-electron chi connectivity index (χ3n) is 6.68. The molecule has 8 heteroatoms. The van der Waals surface area contributed by atoms with Crippen LogP contribution < -0.4 is 5.32 Å². The van der Waals surface area contributed by atoms with Gasteiger partial charge in [0.25, 0.3) is 0 Å². The maximum absolute atomic E-state index is 12.5. The van der Waals surface area contributed by atoms with Crippen LogP contribution in [0.15, 0.2) is 4.99 Å². The quantitative estimate of drug-likeness (QED) is 0.478. The average molecular weight is 423 g/mol. The lowest BCUT2D eigenvalue weighted by molar-refractivity contribution is -0.136. The Morgan fingerprint density at radius 1 is 0.933 bits per heavy atom. The van der Waals surface area contributed by atoms with Gasteiger partial charge in [-0.1, -0.05) is 6.92 Å². The number of ether oxygens (including phenoxy) is 1. The Bertz CT molecular complexity index is 536. The van der Waals surface area contributed by atoms with Gasteiger partial charge in [-0.3, -0.25) is 14.7 Å². The van der Waals surface area contributed by atoms with Crippen molar-refractivity contribution in [2.24, 2.45) is 10.9 Å². The van der Waals surface area contributed by atoms with Crippen molar-refractivity contribution in [2.75, 3.05) is 91.8 Å². The van der Waals surface area contributed by atoms with E-state index in [-0.39, 0.29) is 5.91 Å². The second-order valence-electron chi connectivity index (χ2n) is 8.66. The third-order valence-corrected chi connectivity index (χ3v) is 6.68. The summed E-state index contributed by atoms with van der Waals surface area (Å²) in [4.78, 5) is 26.6. The number of hydrogen-bond donors (Lipinski definition) is 1. The van der Waals surface area contributed by atoms with Gasteiger partial charge in [-0.05, 0) is 51.7 Å². The minimum atomic E-state index is 0.237. The molecule has 3 aliphatic rings. The zero-order valence-corrected chi connectivity index (χ0v) is 19.2. The topological polar surface area (TPSA) is 63.7 Å². The van der Waals surface area contributed by atoms with E-state index >= 15 is 0 Å². The van der Waals surface area contributed by atoms with E-state index in [1.807, 2.05) is 4.90 Å². The fourth-order valence-electron chi connectivity index (χ4n) is 4.59. The number of guanidine groups is 1. The fraction of sp³-hybridized carbons (Fsp3) is 0.909. The molecule has 0 saturated carbocycles. The molecule has 3 heterocycles. The van der Waals surface area contributed by atoms with Crippen molar-refractivity contribution < 1.29 is 9.53 Å². The van der Waals surface area contributed by atoms with E-state index in [0.29, 0.717) is 19.8 Å². The van der Waals surface area contributed by atoms with Crippen molar-refractivity contribution in [1.82, 2.24) is 24.9 Å². The number of piperidine rings is 1. The largest absolute Gasteiger partial charge is 0.378 e. The first kappa shape index (κ1) is 23.3. The molecule has 1 N–H and O–H groups in total. The van der Waals surface area contributed by atoms with E-state index in [9.17, 15) is 4.79 Å². The van der Waals surface area contributed by atoms with E-state index in [2.05, 4.69) is 33.9 Å². The first-order valence-corrected chi connectivity index (χ1v) is 12.0. The van der Waals surface area contributed by atoms with Crippen LogP contribution in [-0.2, 0) is 9.53 Å². The molecule has 172 valence electrons. The first-order chi connectivity index (χ1) is 14.7. The summed E-state index contributed by atoms with van der Waals surface area (Å²) >= 11 is 0. The Morgan fingerprint density at radius 2 is 1.63 bits per heavy atom. The van der Waals surface area contributed by atoms with Crippen LogP contribution in [-0.4, -0.2) is 123 Å². The molecule has 0 spiro atoms. The van der Waals surface area contributed by atoms with E-state index < -0.39 is 0 Å². The Kier molecular flexibility index (Phi) is 9.68. The average Bonchev–Trinajstić information content (AvgIpc) is 2.80. The normalized spacial score (nSPS) is 23.1. The van der Waals surface area contributed by atoms with Crippen molar-refractivity contribution in [1.29, 1.82) is 0 Å². The molecule has 0 aromatic rings. The summed E-state index contributed by atoms with van der Waals surface area (Å²) in [7, 11) is 0. The van der Waals surface area contributed by atoms with Crippen molar-refractivity contribution >= 4 is 11.9 Å². The molecule has 8 nitrogen and oxygen atoms in total. The number of nitrogens with zero attached hydrogens (tertiary/aromatic N) is 5. The monoisotopic (exact) mass is 422 g/mol. The van der Waals surface area contributed by atoms with Crippen molar-refractivity contribution in [3.8, 4) is 0 Å². The second-order valence-corrected chi connectivity index (χ2v) is 8.66. The molecule has 0 bridgehead atoms. The molecule has 0 aromatic carbocycles. The predicted octanol–water partition coefficient (Wildman–Crippen LogP) is 0.550. The van der Waals surface area contributed by atoms with Crippen LogP contribution >= 0.6 is 0 Å². The number of rotatable bonds is 7. The highest BCUT2D eigenvalue weighted by Gasteiger charge is 2.24. The predicted molar refractivity (Wildman–Crippen MR) is 121 cm³/mol. The summed E-state index contributed by atoms with van der Waals surface area (Å²) in [5, 5.41) is 3.47. The minimum Gasteiger partial charge on any atom is -0.378 e. The smallest absolute Gasteiger partial charge is 0.236 e. The molecule has 3 saturated heterocycles. The number of carbonyl (C=O) groups excluding carboxylic acids is 1. The summed E-state index contributed by atoms with van der Waals surface area (Å²) in [6.45, 7) is 16.9. The Morgan fingerprint density at radius 3 is 2.27 bits per heavy atom. The zero-order chi connectivity index (χ0) is 21.2. The van der Waals surface area contributed by atoms with Crippen LogP contribution in [0.3, 0.4) is 0 Å². The maximum Gasteiger partial charge on any atom is 0.236 e. The fourth-order valence-corrected chi connectivity index (χ4v) is 4.59. The summed E-state index contributed by atoms with van der Waals surface area (Å²) in [5.74, 6) is 2.10. The van der Waals surface area contributed by atoms with Gasteiger partial charge in [0, 0.05) is 52.4 Å². The maximum atomic E-state index is 12.5. The molecular formula is C22H42N6O2. The molecule has 0 unspecified atom stereocenters. The van der Waals surface area contributed by atoms with Gasteiger partial charge in [-0.25, -0.2) is 0 Å². The highest BCUT2D eigenvalue weighted by Crippen LogP contribution is 2.20. The lowest BCUT2D eigenvalue weighted by Crippen LogP contribution is -2.55. The number of nitrogens with one attached hydrogen (secondary N) is 1. The van der Waals surface area contributed by atoms with Gasteiger partial charge < -0.3 is 24.8 Å². The molecule has 0 radical (unpaired) electrons. The zero-order valence-electron chi connectivity index (χ0n) is 19.2. The molecule has 3 rings (SSSR count). The van der Waals surface area contributed by atoms with Crippen LogP contribution in [0.25, 0.3) is 0 Å². The number of hydrogen-bond acceptors (Lipinski definition) is 5. The van der Waals surface area contributed by atoms with E-state index in [1.165, 1.54) is 38.9 Å². The number of piperazine rings is 1. The lowest BCUT2D eigenvalue weighted by Gasteiger charge is -2.37. The summed E-state index contributed by atoms with van der Waals surface area (Å²) in [6, 6.07) is 0. The van der Waals surface area contributed by atoms with Gasteiger partial charge in [0.05, 0.1) is 19.8 Å². The summed E-state index contributed by atoms with van der Waals surface area (Å²) in [6.07, 6.45) is 3.83. The molecule has 0 aliphatic carbocycles. The van der Waals surface area contributed by atoms with Crippen LogP contribution in [0.1, 0.15) is 33.1 Å². The number of morpholine rings is 1.